The Labute approximate surface area is 127 Å². The summed E-state index contributed by atoms with van der Waals surface area (Å²) in [6, 6.07) is 8.80. The number of nitro benzene ring substituents is 1. The summed E-state index contributed by atoms with van der Waals surface area (Å²) in [5.41, 5.74) is 0.910. The molecule has 20 heavy (non-hydrogen) atoms. The number of nitro groups is 1. The molecule has 0 spiro atoms. The van der Waals surface area contributed by atoms with Crippen LogP contribution >= 0.6 is 27.5 Å². The first kappa shape index (κ1) is 14.7. The van der Waals surface area contributed by atoms with Crippen LogP contribution in [-0.4, -0.2) is 4.92 Å². The van der Waals surface area contributed by atoms with E-state index in [4.69, 9.17) is 11.6 Å². The van der Waals surface area contributed by atoms with E-state index in [2.05, 4.69) is 21.2 Å². The van der Waals surface area contributed by atoms with Crippen LogP contribution in [0.3, 0.4) is 0 Å². The molecular weight excluding hydrogens is 351 g/mol. The van der Waals surface area contributed by atoms with Crippen molar-refractivity contribution in [1.82, 2.24) is 0 Å². The lowest BCUT2D eigenvalue weighted by Gasteiger charge is -2.08. The lowest BCUT2D eigenvalue weighted by molar-refractivity contribution is -0.384. The fourth-order valence-corrected chi connectivity index (χ4v) is 2.31. The molecule has 0 saturated heterocycles. The summed E-state index contributed by atoms with van der Waals surface area (Å²) in [6.45, 7) is 0.236. The molecule has 2 rings (SSSR count). The largest absolute Gasteiger partial charge is 0.375 e. The second-order valence-corrected chi connectivity index (χ2v) is 5.40. The van der Waals surface area contributed by atoms with Crippen LogP contribution in [0.2, 0.25) is 5.02 Å². The number of hydrogen-bond acceptors (Lipinski definition) is 3. The minimum absolute atomic E-state index is 0.0538. The van der Waals surface area contributed by atoms with E-state index in [-0.39, 0.29) is 17.3 Å². The summed E-state index contributed by atoms with van der Waals surface area (Å²) < 4.78 is 13.8. The molecule has 2 aromatic carbocycles. The molecule has 0 fully saturated rings. The van der Waals surface area contributed by atoms with Crippen molar-refractivity contribution in [3.05, 3.63) is 67.4 Å². The fraction of sp³-hybridized carbons (Fsp3) is 0.0769. The van der Waals surface area contributed by atoms with Crippen molar-refractivity contribution < 1.29 is 9.31 Å². The van der Waals surface area contributed by atoms with Crippen molar-refractivity contribution in [2.45, 2.75) is 6.54 Å². The van der Waals surface area contributed by atoms with Gasteiger partial charge in [0.05, 0.1) is 4.92 Å². The van der Waals surface area contributed by atoms with Gasteiger partial charge in [-0.2, -0.15) is 0 Å². The van der Waals surface area contributed by atoms with Crippen LogP contribution in [0.4, 0.5) is 15.8 Å². The van der Waals surface area contributed by atoms with Gasteiger partial charge in [0, 0.05) is 22.1 Å². The molecule has 0 aromatic heterocycles. The van der Waals surface area contributed by atoms with Crippen LogP contribution in [0.15, 0.2) is 40.9 Å². The first-order valence-corrected chi connectivity index (χ1v) is 6.75. The molecule has 0 bridgehead atoms. The lowest BCUT2D eigenvalue weighted by atomic mass is 10.2. The Hall–Kier alpha value is -1.66. The summed E-state index contributed by atoms with van der Waals surface area (Å²) in [7, 11) is 0. The highest BCUT2D eigenvalue weighted by Gasteiger charge is 2.13. The average molecular weight is 360 g/mol. The van der Waals surface area contributed by atoms with Crippen LogP contribution in [0.1, 0.15) is 5.56 Å². The van der Waals surface area contributed by atoms with E-state index in [1.807, 2.05) is 0 Å². The third-order valence-electron chi connectivity index (χ3n) is 2.56. The number of benzene rings is 2. The molecule has 0 aliphatic heterocycles. The van der Waals surface area contributed by atoms with E-state index in [0.29, 0.717) is 15.7 Å². The minimum Gasteiger partial charge on any atom is -0.375 e. The van der Waals surface area contributed by atoms with Crippen molar-refractivity contribution in [2.24, 2.45) is 0 Å². The van der Waals surface area contributed by atoms with Crippen molar-refractivity contribution in [3.63, 3.8) is 0 Å². The van der Waals surface area contributed by atoms with Gasteiger partial charge in [0.1, 0.15) is 11.5 Å². The Bertz CT molecular complexity index is 647. The average Bonchev–Trinajstić information content (AvgIpc) is 2.36. The van der Waals surface area contributed by atoms with Gasteiger partial charge in [-0.25, -0.2) is 4.39 Å². The summed E-state index contributed by atoms with van der Waals surface area (Å²) in [4.78, 5) is 10.5. The van der Waals surface area contributed by atoms with Gasteiger partial charge in [-0.15, -0.1) is 0 Å². The van der Waals surface area contributed by atoms with Gasteiger partial charge < -0.3 is 5.32 Å². The van der Waals surface area contributed by atoms with Gasteiger partial charge in [-0.3, -0.25) is 10.1 Å². The molecule has 0 saturated carbocycles. The maximum Gasteiger partial charge on any atom is 0.293 e. The van der Waals surface area contributed by atoms with Crippen molar-refractivity contribution in [3.8, 4) is 0 Å². The molecule has 0 unspecified atom stereocenters. The third kappa shape index (κ3) is 3.68. The number of hydrogen-bond donors (Lipinski definition) is 1. The highest BCUT2D eigenvalue weighted by atomic mass is 79.9. The van der Waals surface area contributed by atoms with E-state index in [9.17, 15) is 14.5 Å². The molecule has 0 aliphatic carbocycles. The van der Waals surface area contributed by atoms with Crippen LogP contribution in [0.25, 0.3) is 0 Å². The van der Waals surface area contributed by atoms with Gasteiger partial charge in [0.15, 0.2) is 0 Å². The van der Waals surface area contributed by atoms with Crippen molar-refractivity contribution >= 4 is 38.9 Å². The molecule has 4 nitrogen and oxygen atoms in total. The predicted octanol–water partition coefficient (Wildman–Crippen LogP) is 4.76. The minimum atomic E-state index is -0.481. The molecule has 2 aromatic rings. The second-order valence-electron chi connectivity index (χ2n) is 4.05. The number of nitrogens with one attached hydrogen (secondary N) is 1. The molecule has 0 aliphatic rings. The third-order valence-corrected chi connectivity index (χ3v) is 3.27. The standard InChI is InChI=1S/C13H9BrClFN2O2/c14-9-1-2-12(13(5-9)18(19)20)17-7-8-3-10(15)6-11(16)4-8/h1-6,17H,7H2. The molecule has 104 valence electrons. The van der Waals surface area contributed by atoms with Crippen molar-refractivity contribution in [1.29, 1.82) is 0 Å². The number of rotatable bonds is 4. The summed E-state index contributed by atoms with van der Waals surface area (Å²) in [5, 5.41) is 14.1. The van der Waals surface area contributed by atoms with Crippen LogP contribution in [0, 0.1) is 15.9 Å². The Morgan fingerprint density at radius 1 is 1.30 bits per heavy atom. The Balaban J connectivity index is 2.20. The lowest BCUT2D eigenvalue weighted by Crippen LogP contribution is -2.03. The van der Waals surface area contributed by atoms with E-state index in [0.717, 1.165) is 0 Å². The normalized spacial score (nSPS) is 10.3. The number of nitrogens with zero attached hydrogens (tertiary/aromatic N) is 1. The number of halogens is 3. The van der Waals surface area contributed by atoms with Gasteiger partial charge in [0.25, 0.3) is 5.69 Å². The zero-order valence-electron chi connectivity index (χ0n) is 10.1. The topological polar surface area (TPSA) is 55.2 Å². The molecule has 0 amide bonds. The van der Waals surface area contributed by atoms with Crippen LogP contribution in [0.5, 0.6) is 0 Å². The summed E-state index contributed by atoms with van der Waals surface area (Å²) >= 11 is 8.93. The Morgan fingerprint density at radius 2 is 2.05 bits per heavy atom. The fourth-order valence-electron chi connectivity index (χ4n) is 1.72. The molecule has 7 heteroatoms. The van der Waals surface area contributed by atoms with Gasteiger partial charge in [-0.1, -0.05) is 27.5 Å². The molecule has 0 heterocycles. The summed E-state index contributed by atoms with van der Waals surface area (Å²) in [6.07, 6.45) is 0. The quantitative estimate of drug-likeness (QED) is 0.632. The predicted molar refractivity (Wildman–Crippen MR) is 79.5 cm³/mol. The highest BCUT2D eigenvalue weighted by molar-refractivity contribution is 9.10. The first-order valence-electron chi connectivity index (χ1n) is 5.58. The summed E-state index contributed by atoms with van der Waals surface area (Å²) in [5.74, 6) is -0.445. The van der Waals surface area contributed by atoms with E-state index >= 15 is 0 Å². The van der Waals surface area contributed by atoms with E-state index in [1.165, 1.54) is 18.2 Å². The van der Waals surface area contributed by atoms with E-state index in [1.54, 1.807) is 18.2 Å². The monoisotopic (exact) mass is 358 g/mol. The smallest absolute Gasteiger partial charge is 0.293 e. The SMILES string of the molecule is O=[N+]([O-])c1cc(Br)ccc1NCc1cc(F)cc(Cl)c1. The zero-order chi connectivity index (χ0) is 14.7. The Kier molecular flexibility index (Phi) is 4.57. The highest BCUT2D eigenvalue weighted by Crippen LogP contribution is 2.28. The van der Waals surface area contributed by atoms with E-state index < -0.39 is 10.7 Å². The molecule has 0 radical (unpaired) electrons. The maximum absolute atomic E-state index is 13.2. The van der Waals surface area contributed by atoms with Gasteiger partial charge >= 0.3 is 0 Å². The molecular formula is C13H9BrClFN2O2. The van der Waals surface area contributed by atoms with Crippen LogP contribution in [-0.2, 0) is 6.54 Å². The van der Waals surface area contributed by atoms with Crippen molar-refractivity contribution in [2.75, 3.05) is 5.32 Å². The zero-order valence-corrected chi connectivity index (χ0v) is 12.4. The van der Waals surface area contributed by atoms with Crippen LogP contribution < -0.4 is 5.32 Å². The maximum atomic E-state index is 13.2. The first-order chi connectivity index (χ1) is 9.45. The molecule has 1 N–H and O–H groups in total. The Morgan fingerprint density at radius 3 is 2.70 bits per heavy atom. The molecule has 0 atom stereocenters. The number of anilines is 1. The van der Waals surface area contributed by atoms with Gasteiger partial charge in [-0.05, 0) is 35.9 Å². The second kappa shape index (κ2) is 6.19. The van der Waals surface area contributed by atoms with Gasteiger partial charge in [0.2, 0.25) is 0 Å².